The Morgan fingerprint density at radius 3 is 1.90 bits per heavy atom. The highest BCUT2D eigenvalue weighted by Gasteiger charge is 2.43. The van der Waals surface area contributed by atoms with Gasteiger partial charge in [-0.05, 0) is 98.8 Å². The zero-order chi connectivity index (χ0) is 33.7. The molecule has 4 heteroatoms. The minimum atomic E-state index is -0.00528. The second-order valence-corrected chi connectivity index (χ2v) is 13.3. The fourth-order valence-electron chi connectivity index (χ4n) is 7.59. The Bertz CT molecular complexity index is 2630. The standard InChI is InChI=1S/C47H32N4/c1-3-12-31(13-4-1)37-27-38(35-23-22-32-14-7-8-17-34(32)26-35)29-39(28-37)36-24-25-44-40(30-36)46-47(50-43-19-10-9-18-42(43)49-46)51(44)45-21-11-20-41(48-45)33-15-5-2-6-16-33/h1-30,46,49H/p+1. The van der Waals surface area contributed by atoms with Crippen molar-refractivity contribution in [2.45, 2.75) is 6.04 Å². The molecule has 51 heavy (non-hydrogen) atoms. The van der Waals surface area contributed by atoms with Gasteiger partial charge in [-0.1, -0.05) is 121 Å². The van der Waals surface area contributed by atoms with Crippen LogP contribution in [0.1, 0.15) is 11.6 Å². The number of aromatic nitrogens is 1. The molecule has 0 fully saturated rings. The van der Waals surface area contributed by atoms with E-state index in [1.807, 2.05) is 6.07 Å². The van der Waals surface area contributed by atoms with Crippen molar-refractivity contribution in [1.82, 2.24) is 4.98 Å². The average molecular weight is 654 g/mol. The van der Waals surface area contributed by atoms with Crippen molar-refractivity contribution in [1.29, 1.82) is 0 Å². The van der Waals surface area contributed by atoms with Crippen LogP contribution in [-0.4, -0.2) is 10.8 Å². The molecule has 2 aliphatic rings. The van der Waals surface area contributed by atoms with Gasteiger partial charge < -0.3 is 0 Å². The SMILES string of the molecule is c1ccc(-c2cc(-c3ccc4c(c3)C3[NH2+]c5ccccc5N=C3N4c3cccc(-c4ccccc4)n3)cc(-c3ccc4ccccc4c3)c2)cc1. The first kappa shape index (κ1) is 29.3. The molecule has 1 atom stereocenters. The summed E-state index contributed by atoms with van der Waals surface area (Å²) in [5.41, 5.74) is 13.7. The van der Waals surface area contributed by atoms with Crippen LogP contribution in [0.15, 0.2) is 187 Å². The first-order valence-electron chi connectivity index (χ1n) is 17.4. The number of pyridine rings is 1. The van der Waals surface area contributed by atoms with Crippen molar-refractivity contribution in [3.8, 4) is 44.6 Å². The first-order chi connectivity index (χ1) is 25.2. The molecule has 2 aliphatic heterocycles. The summed E-state index contributed by atoms with van der Waals surface area (Å²) >= 11 is 0. The molecule has 4 nitrogen and oxygen atoms in total. The third kappa shape index (κ3) is 5.21. The van der Waals surface area contributed by atoms with Crippen LogP contribution in [0.4, 0.5) is 22.9 Å². The third-order valence-corrected chi connectivity index (χ3v) is 10.1. The number of fused-ring (bicyclic) bond motifs is 5. The van der Waals surface area contributed by atoms with Gasteiger partial charge in [0.2, 0.25) is 0 Å². The quantitative estimate of drug-likeness (QED) is 0.188. The Morgan fingerprint density at radius 2 is 1.10 bits per heavy atom. The van der Waals surface area contributed by atoms with Crippen LogP contribution in [0.3, 0.4) is 0 Å². The average Bonchev–Trinajstić information content (AvgIpc) is 3.52. The summed E-state index contributed by atoms with van der Waals surface area (Å²) < 4.78 is 0. The van der Waals surface area contributed by atoms with Crippen molar-refractivity contribution in [2.75, 3.05) is 4.90 Å². The van der Waals surface area contributed by atoms with Crippen LogP contribution >= 0.6 is 0 Å². The van der Waals surface area contributed by atoms with Gasteiger partial charge in [-0.25, -0.2) is 9.98 Å². The highest BCUT2D eigenvalue weighted by atomic mass is 15.3. The second-order valence-electron chi connectivity index (χ2n) is 13.3. The smallest absolute Gasteiger partial charge is 0.179 e. The zero-order valence-electron chi connectivity index (χ0n) is 27.8. The van der Waals surface area contributed by atoms with Gasteiger partial charge in [0.15, 0.2) is 17.6 Å². The molecule has 0 saturated carbocycles. The van der Waals surface area contributed by atoms with Crippen molar-refractivity contribution in [2.24, 2.45) is 4.99 Å². The van der Waals surface area contributed by atoms with Gasteiger partial charge in [0.25, 0.3) is 0 Å². The first-order valence-corrected chi connectivity index (χ1v) is 17.4. The summed E-state index contributed by atoms with van der Waals surface area (Å²) in [6, 6.07) is 64.9. The summed E-state index contributed by atoms with van der Waals surface area (Å²) in [5, 5.41) is 4.85. The predicted octanol–water partition coefficient (Wildman–Crippen LogP) is 11.0. The van der Waals surface area contributed by atoms with Crippen molar-refractivity contribution in [3.05, 3.63) is 188 Å². The molecule has 0 aliphatic carbocycles. The number of nitrogens with zero attached hydrogens (tertiary/aromatic N) is 3. The molecule has 0 bridgehead atoms. The summed E-state index contributed by atoms with van der Waals surface area (Å²) in [6.07, 6.45) is 0. The molecule has 8 aromatic rings. The Hall–Kier alpha value is -6.62. The number of aliphatic imine (C=N–C) groups is 1. The Morgan fingerprint density at radius 1 is 0.451 bits per heavy atom. The monoisotopic (exact) mass is 653 g/mol. The van der Waals surface area contributed by atoms with Gasteiger partial charge in [-0.3, -0.25) is 10.2 Å². The van der Waals surface area contributed by atoms with E-state index in [9.17, 15) is 0 Å². The molecule has 0 spiro atoms. The number of hydrogen-bond donors (Lipinski definition) is 1. The van der Waals surface area contributed by atoms with E-state index >= 15 is 0 Å². The normalized spacial score (nSPS) is 14.5. The van der Waals surface area contributed by atoms with E-state index in [4.69, 9.17) is 9.98 Å². The molecule has 240 valence electrons. The largest absolute Gasteiger partial charge is 0.299 e. The molecule has 2 N–H and O–H groups in total. The lowest BCUT2D eigenvalue weighted by atomic mass is 9.91. The van der Waals surface area contributed by atoms with E-state index in [1.165, 1.54) is 49.7 Å². The van der Waals surface area contributed by atoms with E-state index in [0.717, 1.165) is 40.0 Å². The van der Waals surface area contributed by atoms with Crippen LogP contribution in [-0.2, 0) is 0 Å². The molecule has 10 rings (SSSR count). The fraction of sp³-hybridized carbons (Fsp3) is 0.0213. The van der Waals surface area contributed by atoms with Crippen molar-refractivity contribution >= 4 is 39.5 Å². The molecular weight excluding hydrogens is 621 g/mol. The lowest BCUT2D eigenvalue weighted by Gasteiger charge is -2.23. The lowest BCUT2D eigenvalue weighted by molar-refractivity contribution is -0.599. The molecular formula is C47H33N4+. The summed E-state index contributed by atoms with van der Waals surface area (Å²) in [7, 11) is 0. The molecule has 0 amide bonds. The van der Waals surface area contributed by atoms with E-state index in [-0.39, 0.29) is 6.04 Å². The number of para-hydroxylation sites is 2. The van der Waals surface area contributed by atoms with Gasteiger partial charge in [0, 0.05) is 17.2 Å². The predicted molar refractivity (Wildman–Crippen MR) is 210 cm³/mol. The van der Waals surface area contributed by atoms with E-state index in [0.29, 0.717) is 0 Å². The Kier molecular flexibility index (Phi) is 6.93. The van der Waals surface area contributed by atoms with Crippen molar-refractivity contribution < 1.29 is 5.32 Å². The van der Waals surface area contributed by atoms with Gasteiger partial charge >= 0.3 is 0 Å². The third-order valence-electron chi connectivity index (χ3n) is 10.1. The number of benzene rings is 7. The molecule has 0 saturated heterocycles. The maximum absolute atomic E-state index is 5.29. The van der Waals surface area contributed by atoms with Crippen LogP contribution in [0.25, 0.3) is 55.4 Å². The number of nitrogens with two attached hydrogens (primary N) is 1. The second kappa shape index (κ2) is 12.1. The molecule has 3 heterocycles. The summed E-state index contributed by atoms with van der Waals surface area (Å²) in [5.74, 6) is 1.84. The highest BCUT2D eigenvalue weighted by molar-refractivity contribution is 6.14. The summed E-state index contributed by atoms with van der Waals surface area (Å²) in [4.78, 5) is 12.7. The van der Waals surface area contributed by atoms with Gasteiger partial charge in [0.05, 0.1) is 11.4 Å². The minimum Gasteiger partial charge on any atom is -0.299 e. The van der Waals surface area contributed by atoms with E-state index in [2.05, 4.69) is 186 Å². The van der Waals surface area contributed by atoms with E-state index in [1.54, 1.807) is 0 Å². The molecule has 1 aromatic heterocycles. The number of rotatable bonds is 5. The van der Waals surface area contributed by atoms with Gasteiger partial charge in [-0.15, -0.1) is 0 Å². The Balaban J connectivity index is 1.13. The number of anilines is 2. The fourth-order valence-corrected chi connectivity index (χ4v) is 7.59. The topological polar surface area (TPSA) is 45.1 Å². The van der Waals surface area contributed by atoms with Crippen LogP contribution in [0, 0.1) is 0 Å². The van der Waals surface area contributed by atoms with E-state index < -0.39 is 0 Å². The molecule has 0 radical (unpaired) electrons. The van der Waals surface area contributed by atoms with Crippen molar-refractivity contribution in [3.63, 3.8) is 0 Å². The zero-order valence-corrected chi connectivity index (χ0v) is 27.8. The maximum atomic E-state index is 5.29. The number of amidine groups is 1. The summed E-state index contributed by atoms with van der Waals surface area (Å²) in [6.45, 7) is 0. The van der Waals surface area contributed by atoms with Crippen LogP contribution < -0.4 is 10.2 Å². The number of hydrogen-bond acceptors (Lipinski definition) is 3. The maximum Gasteiger partial charge on any atom is 0.179 e. The Labute approximate surface area is 297 Å². The highest BCUT2D eigenvalue weighted by Crippen LogP contribution is 2.45. The number of quaternary nitrogens is 1. The molecule has 7 aromatic carbocycles. The molecule has 1 unspecified atom stereocenters. The van der Waals surface area contributed by atoms with Crippen LogP contribution in [0.5, 0.6) is 0 Å². The van der Waals surface area contributed by atoms with Crippen LogP contribution in [0.2, 0.25) is 0 Å². The van der Waals surface area contributed by atoms with Gasteiger partial charge in [-0.2, -0.15) is 0 Å². The van der Waals surface area contributed by atoms with Gasteiger partial charge in [0.1, 0.15) is 11.5 Å². The lowest BCUT2D eigenvalue weighted by Crippen LogP contribution is -2.82. The minimum absolute atomic E-state index is 0.00528.